The highest BCUT2D eigenvalue weighted by Gasteiger charge is 2.00. The SMILES string of the molecule is CCc1ccc(NN)c(OC)c1. The van der Waals surface area contributed by atoms with Gasteiger partial charge in [-0.1, -0.05) is 13.0 Å². The lowest BCUT2D eigenvalue weighted by Gasteiger charge is -2.08. The molecule has 0 aliphatic rings. The Morgan fingerprint density at radius 1 is 1.50 bits per heavy atom. The molecule has 0 heterocycles. The summed E-state index contributed by atoms with van der Waals surface area (Å²) < 4.78 is 5.14. The standard InChI is InChI=1S/C9H14N2O/c1-3-7-4-5-8(11-10)9(6-7)12-2/h4-6,11H,3,10H2,1-2H3. The monoisotopic (exact) mass is 166 g/mol. The van der Waals surface area contributed by atoms with Crippen LogP contribution in [-0.2, 0) is 6.42 Å². The normalized spacial score (nSPS) is 9.58. The molecule has 0 aliphatic heterocycles. The van der Waals surface area contributed by atoms with Gasteiger partial charge in [-0.3, -0.25) is 5.84 Å². The van der Waals surface area contributed by atoms with E-state index in [4.69, 9.17) is 10.6 Å². The van der Waals surface area contributed by atoms with E-state index in [9.17, 15) is 0 Å². The molecule has 3 N–H and O–H groups in total. The molecule has 0 saturated heterocycles. The lowest BCUT2D eigenvalue weighted by molar-refractivity contribution is 0.416. The molecule has 0 radical (unpaired) electrons. The van der Waals surface area contributed by atoms with Gasteiger partial charge >= 0.3 is 0 Å². The number of hydrazine groups is 1. The zero-order valence-corrected chi connectivity index (χ0v) is 7.42. The second-order valence-electron chi connectivity index (χ2n) is 2.53. The third kappa shape index (κ3) is 1.68. The zero-order chi connectivity index (χ0) is 8.97. The Morgan fingerprint density at radius 2 is 2.25 bits per heavy atom. The Morgan fingerprint density at radius 3 is 2.75 bits per heavy atom. The number of aryl methyl sites for hydroxylation is 1. The molecule has 12 heavy (non-hydrogen) atoms. The van der Waals surface area contributed by atoms with Crippen molar-refractivity contribution in [1.82, 2.24) is 0 Å². The van der Waals surface area contributed by atoms with Gasteiger partial charge in [0.05, 0.1) is 12.8 Å². The maximum Gasteiger partial charge on any atom is 0.143 e. The van der Waals surface area contributed by atoms with Crippen LogP contribution in [0.25, 0.3) is 0 Å². The molecule has 1 rings (SSSR count). The molecular formula is C9H14N2O. The fourth-order valence-corrected chi connectivity index (χ4v) is 1.07. The summed E-state index contributed by atoms with van der Waals surface area (Å²) in [7, 11) is 1.63. The van der Waals surface area contributed by atoms with E-state index in [0.29, 0.717) is 0 Å². The van der Waals surface area contributed by atoms with Crippen LogP contribution in [-0.4, -0.2) is 7.11 Å². The summed E-state index contributed by atoms with van der Waals surface area (Å²) in [5, 5.41) is 0. The third-order valence-corrected chi connectivity index (χ3v) is 1.83. The highest BCUT2D eigenvalue weighted by Crippen LogP contribution is 2.24. The summed E-state index contributed by atoms with van der Waals surface area (Å²) in [5.41, 5.74) is 4.63. The van der Waals surface area contributed by atoms with E-state index in [-0.39, 0.29) is 0 Å². The van der Waals surface area contributed by atoms with Crippen molar-refractivity contribution in [1.29, 1.82) is 0 Å². The Hall–Kier alpha value is -1.22. The van der Waals surface area contributed by atoms with Crippen molar-refractivity contribution in [2.24, 2.45) is 5.84 Å². The van der Waals surface area contributed by atoms with Crippen LogP contribution < -0.4 is 16.0 Å². The van der Waals surface area contributed by atoms with E-state index in [1.807, 2.05) is 18.2 Å². The summed E-state index contributed by atoms with van der Waals surface area (Å²) in [4.78, 5) is 0. The van der Waals surface area contributed by atoms with Crippen molar-refractivity contribution >= 4 is 5.69 Å². The molecular weight excluding hydrogens is 152 g/mol. The van der Waals surface area contributed by atoms with E-state index in [0.717, 1.165) is 17.9 Å². The fraction of sp³-hybridized carbons (Fsp3) is 0.333. The number of benzene rings is 1. The fourth-order valence-electron chi connectivity index (χ4n) is 1.07. The molecule has 0 amide bonds. The van der Waals surface area contributed by atoms with Crippen LogP contribution in [0.15, 0.2) is 18.2 Å². The molecule has 1 aromatic carbocycles. The number of anilines is 1. The minimum atomic E-state index is 0.789. The van der Waals surface area contributed by atoms with E-state index in [1.165, 1.54) is 5.56 Å². The van der Waals surface area contributed by atoms with Gasteiger partial charge in [-0.25, -0.2) is 0 Å². The van der Waals surface area contributed by atoms with Crippen LogP contribution in [0.2, 0.25) is 0 Å². The number of hydrogen-bond acceptors (Lipinski definition) is 3. The van der Waals surface area contributed by atoms with Gasteiger partial charge < -0.3 is 10.2 Å². The van der Waals surface area contributed by atoms with Crippen LogP contribution in [0, 0.1) is 0 Å². The molecule has 1 aromatic rings. The average molecular weight is 166 g/mol. The molecule has 0 unspecified atom stereocenters. The van der Waals surface area contributed by atoms with Crippen molar-refractivity contribution < 1.29 is 4.74 Å². The molecule has 0 atom stereocenters. The van der Waals surface area contributed by atoms with Crippen LogP contribution in [0.5, 0.6) is 5.75 Å². The van der Waals surface area contributed by atoms with Gasteiger partial charge in [0.2, 0.25) is 0 Å². The van der Waals surface area contributed by atoms with Gasteiger partial charge in [0, 0.05) is 0 Å². The van der Waals surface area contributed by atoms with Crippen LogP contribution >= 0.6 is 0 Å². The summed E-state index contributed by atoms with van der Waals surface area (Å²) in [5.74, 6) is 6.08. The van der Waals surface area contributed by atoms with E-state index in [2.05, 4.69) is 12.3 Å². The first-order valence-corrected chi connectivity index (χ1v) is 3.95. The van der Waals surface area contributed by atoms with E-state index < -0.39 is 0 Å². The predicted octanol–water partition coefficient (Wildman–Crippen LogP) is 1.54. The number of methoxy groups -OCH3 is 1. The first-order valence-electron chi connectivity index (χ1n) is 3.95. The number of rotatable bonds is 3. The van der Waals surface area contributed by atoms with Gasteiger partial charge in [-0.05, 0) is 24.1 Å². The molecule has 0 aliphatic carbocycles. The molecule has 0 saturated carbocycles. The largest absolute Gasteiger partial charge is 0.495 e. The molecule has 0 fully saturated rings. The molecule has 0 bridgehead atoms. The quantitative estimate of drug-likeness (QED) is 0.529. The number of nitrogens with two attached hydrogens (primary N) is 1. The summed E-state index contributed by atoms with van der Waals surface area (Å²) in [6, 6.07) is 5.92. The minimum absolute atomic E-state index is 0.789. The second-order valence-corrected chi connectivity index (χ2v) is 2.53. The Labute approximate surface area is 72.5 Å². The maximum absolute atomic E-state index is 5.29. The van der Waals surface area contributed by atoms with Gasteiger partial charge in [0.15, 0.2) is 0 Å². The molecule has 0 spiro atoms. The molecule has 0 aromatic heterocycles. The lowest BCUT2D eigenvalue weighted by atomic mass is 10.1. The van der Waals surface area contributed by atoms with Crippen LogP contribution in [0.3, 0.4) is 0 Å². The van der Waals surface area contributed by atoms with Gasteiger partial charge in [0.1, 0.15) is 5.75 Å². The number of hydrogen-bond donors (Lipinski definition) is 2. The van der Waals surface area contributed by atoms with Gasteiger partial charge in [-0.2, -0.15) is 0 Å². The maximum atomic E-state index is 5.29. The van der Waals surface area contributed by atoms with Crippen LogP contribution in [0.1, 0.15) is 12.5 Å². The van der Waals surface area contributed by atoms with Crippen molar-refractivity contribution in [2.45, 2.75) is 13.3 Å². The second kappa shape index (κ2) is 3.97. The average Bonchev–Trinajstić information content (AvgIpc) is 2.16. The molecule has 3 heteroatoms. The summed E-state index contributed by atoms with van der Waals surface area (Å²) in [6.07, 6.45) is 1.00. The zero-order valence-electron chi connectivity index (χ0n) is 7.42. The molecule has 66 valence electrons. The number of nitrogens with one attached hydrogen (secondary N) is 1. The highest BCUT2D eigenvalue weighted by atomic mass is 16.5. The smallest absolute Gasteiger partial charge is 0.143 e. The Kier molecular flexibility index (Phi) is 2.94. The molecule has 3 nitrogen and oxygen atoms in total. The first kappa shape index (κ1) is 8.87. The first-order chi connectivity index (χ1) is 5.81. The Balaban J connectivity index is 3.02. The van der Waals surface area contributed by atoms with Gasteiger partial charge in [-0.15, -0.1) is 0 Å². The third-order valence-electron chi connectivity index (χ3n) is 1.83. The topological polar surface area (TPSA) is 47.3 Å². The van der Waals surface area contributed by atoms with E-state index >= 15 is 0 Å². The van der Waals surface area contributed by atoms with Crippen molar-refractivity contribution in [3.63, 3.8) is 0 Å². The van der Waals surface area contributed by atoms with Crippen molar-refractivity contribution in [2.75, 3.05) is 12.5 Å². The summed E-state index contributed by atoms with van der Waals surface area (Å²) >= 11 is 0. The predicted molar refractivity (Wildman–Crippen MR) is 50.2 cm³/mol. The van der Waals surface area contributed by atoms with Gasteiger partial charge in [0.25, 0.3) is 0 Å². The minimum Gasteiger partial charge on any atom is -0.495 e. The number of ether oxygens (including phenoxy) is 1. The Bertz CT molecular complexity index is 261. The van der Waals surface area contributed by atoms with Crippen LogP contribution in [0.4, 0.5) is 5.69 Å². The summed E-state index contributed by atoms with van der Waals surface area (Å²) in [6.45, 7) is 2.10. The van der Waals surface area contributed by atoms with Crippen molar-refractivity contribution in [3.8, 4) is 5.75 Å². The van der Waals surface area contributed by atoms with Crippen molar-refractivity contribution in [3.05, 3.63) is 23.8 Å². The number of nitrogen functional groups attached to an aromatic ring is 1. The highest BCUT2D eigenvalue weighted by molar-refractivity contribution is 5.56. The lowest BCUT2D eigenvalue weighted by Crippen LogP contribution is -2.08. The van der Waals surface area contributed by atoms with E-state index in [1.54, 1.807) is 7.11 Å².